The van der Waals surface area contributed by atoms with Crippen LogP contribution in [0.2, 0.25) is 0 Å². The van der Waals surface area contributed by atoms with Gasteiger partial charge in [-0.2, -0.15) is 5.10 Å². The number of rotatable bonds is 6. The molecule has 0 spiro atoms. The smallest absolute Gasteiger partial charge is 0.154 e. The lowest BCUT2D eigenvalue weighted by Gasteiger charge is -2.30. The van der Waals surface area contributed by atoms with Crippen molar-refractivity contribution in [3.63, 3.8) is 0 Å². The Hall–Kier alpha value is -0.880. The van der Waals surface area contributed by atoms with E-state index in [-0.39, 0.29) is 11.3 Å². The molecule has 1 fully saturated rings. The van der Waals surface area contributed by atoms with Gasteiger partial charge in [-0.15, -0.1) is 0 Å². The molecular weight excluding hydrogens is 274 g/mol. The van der Waals surface area contributed by atoms with Crippen molar-refractivity contribution in [1.29, 1.82) is 0 Å². The first-order valence-corrected chi connectivity index (χ1v) is 9.17. The molecule has 1 N–H and O–H groups in total. The van der Waals surface area contributed by atoms with Crippen LogP contribution < -0.4 is 5.32 Å². The molecule has 0 amide bonds. The third kappa shape index (κ3) is 3.82. The lowest BCUT2D eigenvalue weighted by atomic mass is 10.0. The number of hydrogen-bond acceptors (Lipinski definition) is 4. The Bertz CT molecular complexity index is 524. The number of aryl methyl sites for hydroxylation is 1. The van der Waals surface area contributed by atoms with Gasteiger partial charge in [0.2, 0.25) is 0 Å². The van der Waals surface area contributed by atoms with Gasteiger partial charge in [0, 0.05) is 19.3 Å². The minimum absolute atomic E-state index is 0.00412. The van der Waals surface area contributed by atoms with Gasteiger partial charge in [-0.25, -0.2) is 8.42 Å². The average Bonchev–Trinajstić information content (AvgIpc) is 2.80. The SMILES string of the molecule is CCCNC(Cc1cnn(C)c1)C1CCCCS1(=O)=O. The Kier molecular flexibility index (Phi) is 5.21. The van der Waals surface area contributed by atoms with Crippen molar-refractivity contribution in [2.45, 2.75) is 50.3 Å². The first kappa shape index (κ1) is 15.5. The highest BCUT2D eigenvalue weighted by Gasteiger charge is 2.35. The summed E-state index contributed by atoms with van der Waals surface area (Å²) in [6.45, 7) is 2.96. The zero-order valence-corrected chi connectivity index (χ0v) is 13.2. The second kappa shape index (κ2) is 6.72. The summed E-state index contributed by atoms with van der Waals surface area (Å²) in [7, 11) is -1.07. The molecular formula is C14H25N3O2S. The minimum atomic E-state index is -2.96. The summed E-state index contributed by atoms with van der Waals surface area (Å²) in [6, 6.07) is 0.00412. The van der Waals surface area contributed by atoms with Crippen molar-refractivity contribution in [3.05, 3.63) is 18.0 Å². The Labute approximate surface area is 121 Å². The second-order valence-corrected chi connectivity index (χ2v) is 8.03. The molecule has 1 aromatic rings. The number of nitrogens with zero attached hydrogens (tertiary/aromatic N) is 2. The van der Waals surface area contributed by atoms with Crippen molar-refractivity contribution in [2.24, 2.45) is 7.05 Å². The van der Waals surface area contributed by atoms with E-state index < -0.39 is 9.84 Å². The third-order valence-corrected chi connectivity index (χ3v) is 6.29. The van der Waals surface area contributed by atoms with Crippen LogP contribution in [0.15, 0.2) is 12.4 Å². The van der Waals surface area contributed by atoms with Crippen LogP contribution in [0.1, 0.15) is 38.2 Å². The second-order valence-electron chi connectivity index (χ2n) is 5.69. The molecule has 2 unspecified atom stereocenters. The summed E-state index contributed by atoms with van der Waals surface area (Å²) in [5.74, 6) is 0.342. The van der Waals surface area contributed by atoms with Gasteiger partial charge in [-0.1, -0.05) is 13.3 Å². The molecule has 1 aromatic heterocycles. The normalized spacial score (nSPS) is 23.6. The highest BCUT2D eigenvalue weighted by Crippen LogP contribution is 2.24. The Morgan fingerprint density at radius 2 is 2.30 bits per heavy atom. The van der Waals surface area contributed by atoms with Gasteiger partial charge in [0.1, 0.15) is 0 Å². The Morgan fingerprint density at radius 1 is 1.50 bits per heavy atom. The molecule has 0 bridgehead atoms. The molecule has 0 aromatic carbocycles. The first-order chi connectivity index (χ1) is 9.53. The van der Waals surface area contributed by atoms with Gasteiger partial charge in [0.15, 0.2) is 9.84 Å². The Morgan fingerprint density at radius 3 is 2.90 bits per heavy atom. The molecule has 2 heterocycles. The maximum absolute atomic E-state index is 12.3. The summed E-state index contributed by atoms with van der Waals surface area (Å²) in [4.78, 5) is 0. The molecule has 0 saturated carbocycles. The number of aromatic nitrogens is 2. The molecule has 114 valence electrons. The summed E-state index contributed by atoms with van der Waals surface area (Å²) < 4.78 is 26.4. The van der Waals surface area contributed by atoms with E-state index in [0.717, 1.165) is 44.2 Å². The molecule has 6 heteroatoms. The van der Waals surface area contributed by atoms with Crippen LogP contribution in [0.5, 0.6) is 0 Å². The molecule has 1 aliphatic rings. The summed E-state index contributed by atoms with van der Waals surface area (Å²) >= 11 is 0. The molecule has 0 radical (unpaired) electrons. The average molecular weight is 299 g/mol. The fraction of sp³-hybridized carbons (Fsp3) is 0.786. The van der Waals surface area contributed by atoms with Gasteiger partial charge >= 0.3 is 0 Å². The quantitative estimate of drug-likeness (QED) is 0.860. The van der Waals surface area contributed by atoms with Gasteiger partial charge in [0.25, 0.3) is 0 Å². The van der Waals surface area contributed by atoms with Gasteiger partial charge in [-0.05, 0) is 37.8 Å². The van der Waals surface area contributed by atoms with E-state index in [2.05, 4.69) is 17.3 Å². The van der Waals surface area contributed by atoms with Crippen LogP contribution in [0, 0.1) is 0 Å². The minimum Gasteiger partial charge on any atom is -0.312 e. The molecule has 1 saturated heterocycles. The molecule has 5 nitrogen and oxygen atoms in total. The molecule has 20 heavy (non-hydrogen) atoms. The summed E-state index contributed by atoms with van der Waals surface area (Å²) in [6.07, 6.45) is 8.15. The summed E-state index contributed by atoms with van der Waals surface area (Å²) in [5, 5.41) is 7.36. The predicted molar refractivity (Wildman–Crippen MR) is 80.4 cm³/mol. The lowest BCUT2D eigenvalue weighted by molar-refractivity contribution is 0.433. The van der Waals surface area contributed by atoms with E-state index >= 15 is 0 Å². The van der Waals surface area contributed by atoms with Gasteiger partial charge in [-0.3, -0.25) is 4.68 Å². The van der Waals surface area contributed by atoms with E-state index in [1.165, 1.54) is 0 Å². The van der Waals surface area contributed by atoms with Crippen molar-refractivity contribution in [3.8, 4) is 0 Å². The molecule has 2 rings (SSSR count). The van der Waals surface area contributed by atoms with Crippen LogP contribution in [-0.2, 0) is 23.3 Å². The first-order valence-electron chi connectivity index (χ1n) is 7.45. The maximum atomic E-state index is 12.3. The number of sulfone groups is 1. The van der Waals surface area contributed by atoms with Crippen LogP contribution >= 0.6 is 0 Å². The Balaban J connectivity index is 2.13. The van der Waals surface area contributed by atoms with Gasteiger partial charge in [0.05, 0.1) is 17.2 Å². The van der Waals surface area contributed by atoms with Gasteiger partial charge < -0.3 is 5.32 Å². The maximum Gasteiger partial charge on any atom is 0.154 e. The van der Waals surface area contributed by atoms with Crippen LogP contribution in [0.4, 0.5) is 0 Å². The van der Waals surface area contributed by atoms with E-state index in [1.54, 1.807) is 4.68 Å². The number of nitrogens with one attached hydrogen (secondary N) is 1. The van der Waals surface area contributed by atoms with E-state index in [1.807, 2.05) is 19.4 Å². The molecule has 2 atom stereocenters. The summed E-state index contributed by atoms with van der Waals surface area (Å²) in [5.41, 5.74) is 1.10. The topological polar surface area (TPSA) is 64.0 Å². The highest BCUT2D eigenvalue weighted by molar-refractivity contribution is 7.92. The van der Waals surface area contributed by atoms with E-state index in [4.69, 9.17) is 0 Å². The molecule has 0 aliphatic carbocycles. The zero-order valence-electron chi connectivity index (χ0n) is 12.4. The van der Waals surface area contributed by atoms with Crippen LogP contribution in [0.3, 0.4) is 0 Å². The fourth-order valence-corrected chi connectivity index (χ4v) is 5.06. The third-order valence-electron chi connectivity index (χ3n) is 3.95. The van der Waals surface area contributed by atoms with Crippen LogP contribution in [0.25, 0.3) is 0 Å². The molecule has 1 aliphatic heterocycles. The van der Waals surface area contributed by atoms with Crippen molar-refractivity contribution in [1.82, 2.24) is 15.1 Å². The largest absolute Gasteiger partial charge is 0.312 e. The monoisotopic (exact) mass is 299 g/mol. The van der Waals surface area contributed by atoms with E-state index in [0.29, 0.717) is 5.75 Å². The van der Waals surface area contributed by atoms with Crippen molar-refractivity contribution < 1.29 is 8.42 Å². The highest BCUT2D eigenvalue weighted by atomic mass is 32.2. The van der Waals surface area contributed by atoms with Crippen molar-refractivity contribution in [2.75, 3.05) is 12.3 Å². The number of hydrogen-bond donors (Lipinski definition) is 1. The predicted octanol–water partition coefficient (Wildman–Crippen LogP) is 1.30. The lowest BCUT2D eigenvalue weighted by Crippen LogP contribution is -2.48. The fourth-order valence-electron chi connectivity index (χ4n) is 2.93. The zero-order chi connectivity index (χ0) is 14.6. The van der Waals surface area contributed by atoms with E-state index in [9.17, 15) is 8.42 Å². The van der Waals surface area contributed by atoms with Crippen LogP contribution in [-0.4, -0.2) is 41.8 Å². The van der Waals surface area contributed by atoms with Crippen molar-refractivity contribution >= 4 is 9.84 Å². The standard InChI is InChI=1S/C14H25N3O2S/c1-3-7-15-13(9-12-10-16-17(2)11-12)14-6-4-5-8-20(14,18)19/h10-11,13-15H,3-9H2,1-2H3.